The zero-order valence-electron chi connectivity index (χ0n) is 52.6. The molecule has 0 saturated carbocycles. The van der Waals surface area contributed by atoms with Crippen LogP contribution in [0.2, 0.25) is 0 Å². The molecule has 0 bridgehead atoms. The molecule has 0 atom stereocenters. The Bertz CT molecular complexity index is 4240. The van der Waals surface area contributed by atoms with Crippen LogP contribution in [-0.4, -0.2) is 15.0 Å². The molecule has 3 nitrogen and oxygen atoms in total. The van der Waals surface area contributed by atoms with E-state index in [9.17, 15) is 0 Å². The molecule has 12 rings (SSSR count). The Morgan fingerprint density at radius 2 is 0.557 bits per heavy atom. The van der Waals surface area contributed by atoms with Gasteiger partial charge in [0.15, 0.2) is 0 Å². The van der Waals surface area contributed by atoms with Gasteiger partial charge in [0.25, 0.3) is 0 Å². The predicted octanol–water partition coefficient (Wildman–Crippen LogP) is 22.3. The lowest BCUT2D eigenvalue weighted by atomic mass is 9.85. The van der Waals surface area contributed by atoms with Crippen LogP contribution in [0.3, 0.4) is 0 Å². The number of hydrogen-bond acceptors (Lipinski definition) is 3. The second-order valence-electron chi connectivity index (χ2n) is 26.8. The Balaban J connectivity index is 0.969. The van der Waals surface area contributed by atoms with E-state index < -0.39 is 0 Å². The lowest BCUT2D eigenvalue weighted by Crippen LogP contribution is -2.11. The van der Waals surface area contributed by atoms with Gasteiger partial charge in [-0.25, -0.2) is 0 Å². The summed E-state index contributed by atoms with van der Waals surface area (Å²) in [5.41, 5.74) is 29.8. The van der Waals surface area contributed by atoms with E-state index in [4.69, 9.17) is 15.0 Å². The summed E-state index contributed by atoms with van der Waals surface area (Å²) in [6.07, 6.45) is 9.33. The quantitative estimate of drug-likeness (QED) is 0.103. The summed E-state index contributed by atoms with van der Waals surface area (Å²) in [6, 6.07) is 92.1. The highest BCUT2D eigenvalue weighted by molar-refractivity contribution is 5.94. The van der Waals surface area contributed by atoms with Crippen molar-refractivity contribution in [2.24, 2.45) is 0 Å². The summed E-state index contributed by atoms with van der Waals surface area (Å²) < 4.78 is 0. The van der Waals surface area contributed by atoms with Crippen molar-refractivity contribution in [3.63, 3.8) is 0 Å². The van der Waals surface area contributed by atoms with E-state index in [1.807, 2.05) is 18.6 Å². The number of pyridine rings is 3. The molecule has 9 aromatic carbocycles. The number of aryl methyl sites for hydroxylation is 4. The normalized spacial score (nSPS) is 11.9. The van der Waals surface area contributed by atoms with Crippen LogP contribution in [0.4, 0.5) is 0 Å². The Hall–Kier alpha value is -9.57. The molecule has 88 heavy (non-hydrogen) atoms. The second-order valence-corrected chi connectivity index (χ2v) is 26.8. The fourth-order valence-electron chi connectivity index (χ4n) is 12.2. The van der Waals surface area contributed by atoms with Crippen molar-refractivity contribution in [2.45, 2.75) is 104 Å². The highest BCUT2D eigenvalue weighted by Crippen LogP contribution is 2.43. The maximum atomic E-state index is 4.98. The minimum absolute atomic E-state index is 0.0122. The summed E-state index contributed by atoms with van der Waals surface area (Å²) in [5.74, 6) is 0. The van der Waals surface area contributed by atoms with E-state index in [2.05, 4.69) is 311 Å². The molecule has 0 aliphatic heterocycles. The van der Waals surface area contributed by atoms with Crippen LogP contribution in [0, 0.1) is 0 Å². The van der Waals surface area contributed by atoms with Gasteiger partial charge in [-0.3, -0.25) is 15.0 Å². The van der Waals surface area contributed by atoms with E-state index in [0.717, 1.165) is 65.0 Å². The van der Waals surface area contributed by atoms with E-state index in [-0.39, 0.29) is 16.2 Å². The molecule has 0 unspecified atom stereocenters. The number of rotatable bonds is 15. The summed E-state index contributed by atoms with van der Waals surface area (Å²) in [5, 5.41) is 0. The fourth-order valence-corrected chi connectivity index (χ4v) is 12.2. The van der Waals surface area contributed by atoms with Crippen molar-refractivity contribution in [1.29, 1.82) is 0 Å². The number of nitrogens with zero attached hydrogens (tertiary/aromatic N) is 3. The first-order valence-corrected chi connectivity index (χ1v) is 31.3. The molecule has 0 aliphatic carbocycles. The van der Waals surface area contributed by atoms with Crippen LogP contribution in [0.1, 0.15) is 101 Å². The molecule has 3 heterocycles. The number of benzene rings is 9. The van der Waals surface area contributed by atoms with Gasteiger partial charge >= 0.3 is 0 Å². The van der Waals surface area contributed by atoms with Crippen molar-refractivity contribution in [3.05, 3.63) is 306 Å². The summed E-state index contributed by atoms with van der Waals surface area (Å²) in [7, 11) is 0. The largest absolute Gasteiger partial charge is 0.256 e. The summed E-state index contributed by atoms with van der Waals surface area (Å²) in [4.78, 5) is 14.8. The highest BCUT2D eigenvalue weighted by Gasteiger charge is 2.22. The lowest BCUT2D eigenvalue weighted by Gasteiger charge is -2.20. The monoisotopic (exact) mass is 1140 g/mol. The van der Waals surface area contributed by atoms with Crippen LogP contribution in [0.25, 0.3) is 101 Å². The molecule has 0 N–H and O–H groups in total. The zero-order chi connectivity index (χ0) is 61.0. The van der Waals surface area contributed by atoms with Gasteiger partial charge in [-0.2, -0.15) is 0 Å². The summed E-state index contributed by atoms with van der Waals surface area (Å²) >= 11 is 0. The fraction of sp³-hybridized carbons (Fsp3) is 0.188. The van der Waals surface area contributed by atoms with Gasteiger partial charge in [0.05, 0.1) is 17.1 Å². The first-order valence-electron chi connectivity index (χ1n) is 31.3. The van der Waals surface area contributed by atoms with E-state index >= 15 is 0 Å². The van der Waals surface area contributed by atoms with E-state index in [0.29, 0.717) is 0 Å². The molecule has 0 amide bonds. The molecule has 0 saturated heterocycles. The van der Waals surface area contributed by atoms with Crippen LogP contribution >= 0.6 is 0 Å². The Labute approximate surface area is 523 Å². The van der Waals surface area contributed by atoms with Gasteiger partial charge in [-0.15, -0.1) is 0 Å². The molecule has 0 spiro atoms. The first-order chi connectivity index (χ1) is 42.5. The topological polar surface area (TPSA) is 38.7 Å². The highest BCUT2D eigenvalue weighted by atomic mass is 14.7. The van der Waals surface area contributed by atoms with Crippen molar-refractivity contribution in [3.8, 4) is 101 Å². The molecule has 3 aromatic heterocycles. The third-order valence-electron chi connectivity index (χ3n) is 17.4. The lowest BCUT2D eigenvalue weighted by molar-refractivity contribution is 0.589. The SMILES string of the molecule is CC(C)(C)c1ccnc(-c2ccc(CCc3cc(CCc4ccc(-c5cc(C(C)(C)C)ccn5)cc4-c4ccccc4)cc(-c4ccccc4-c4ccc(-c5cc(C(C)(C)C)ccn5)cc4-c4ccc(-c5ccccc5)cc4)c3)c(-c3ccccc3)c2)c1. The maximum absolute atomic E-state index is 4.98. The molecule has 434 valence electrons. The minimum Gasteiger partial charge on any atom is -0.256 e. The molecule has 0 radical (unpaired) electrons. The van der Waals surface area contributed by atoms with Crippen molar-refractivity contribution in [1.82, 2.24) is 15.0 Å². The molecule has 12 aromatic rings. The van der Waals surface area contributed by atoms with Gasteiger partial charge in [0.2, 0.25) is 0 Å². The van der Waals surface area contributed by atoms with Crippen LogP contribution < -0.4 is 0 Å². The van der Waals surface area contributed by atoms with Crippen LogP contribution in [0.15, 0.2) is 267 Å². The molecular formula is C85H79N3. The standard InChI is InChI=1S/C85H79N3/c1-83(2,3)71-43-46-86-80(55-71)67-39-37-64(77(52-67)62-23-15-11-16-24-62)31-29-58-49-59(30-32-65-38-40-68(53-78(65)63-25-17-12-18-26-63)81-56-72(44-47-87-81)84(4,5)6)51-70(50-58)74-27-19-20-28-75(74)76-42-41-69(82-57-73(45-48-88-82)85(7,8)9)54-79(76)66-35-33-61(34-36-66)60-21-13-10-14-22-60/h10-28,33-57H,29-32H2,1-9H3. The average Bonchev–Trinajstić information content (AvgIpc) is 2.60. The minimum atomic E-state index is -0.0165. The molecule has 3 heteroatoms. The Kier molecular flexibility index (Phi) is 16.7. The van der Waals surface area contributed by atoms with Gasteiger partial charge in [0, 0.05) is 35.3 Å². The number of aromatic nitrogens is 3. The van der Waals surface area contributed by atoms with Gasteiger partial charge in [0.1, 0.15) is 0 Å². The third kappa shape index (κ3) is 13.4. The van der Waals surface area contributed by atoms with Gasteiger partial charge in [-0.1, -0.05) is 256 Å². The maximum Gasteiger partial charge on any atom is 0.0705 e. The zero-order valence-corrected chi connectivity index (χ0v) is 52.6. The van der Waals surface area contributed by atoms with Gasteiger partial charge in [-0.05, 0) is 202 Å². The van der Waals surface area contributed by atoms with Crippen molar-refractivity contribution >= 4 is 0 Å². The number of hydrogen-bond donors (Lipinski definition) is 0. The summed E-state index contributed by atoms with van der Waals surface area (Å²) in [6.45, 7) is 20.4. The van der Waals surface area contributed by atoms with Crippen LogP contribution in [0.5, 0.6) is 0 Å². The third-order valence-corrected chi connectivity index (χ3v) is 17.4. The molecular weight excluding hydrogens is 1060 g/mol. The Morgan fingerprint density at radius 1 is 0.227 bits per heavy atom. The van der Waals surface area contributed by atoms with Crippen molar-refractivity contribution < 1.29 is 0 Å². The predicted molar refractivity (Wildman–Crippen MR) is 373 cm³/mol. The first kappa shape index (κ1) is 58.8. The van der Waals surface area contributed by atoms with E-state index in [1.54, 1.807) is 0 Å². The molecule has 0 fully saturated rings. The van der Waals surface area contributed by atoms with Crippen LogP contribution in [-0.2, 0) is 41.9 Å². The average molecular weight is 1140 g/mol. The smallest absolute Gasteiger partial charge is 0.0705 e. The molecule has 0 aliphatic rings. The van der Waals surface area contributed by atoms with E-state index in [1.165, 1.54) is 100 Å². The van der Waals surface area contributed by atoms with Gasteiger partial charge < -0.3 is 0 Å². The van der Waals surface area contributed by atoms with Crippen molar-refractivity contribution in [2.75, 3.05) is 0 Å². The second kappa shape index (κ2) is 25.0. The Morgan fingerprint density at radius 3 is 0.989 bits per heavy atom.